The molecule has 1 aliphatic rings. The number of H-pyrrole nitrogens is 1. The largest absolute Gasteiger partial charge is 0.481 e. The molecular weight excluding hydrogens is 472 g/mol. The number of rotatable bonds is 11. The van der Waals surface area contributed by atoms with Crippen molar-refractivity contribution < 1.29 is 19.5 Å². The first-order valence-electron chi connectivity index (χ1n) is 12.6. The van der Waals surface area contributed by atoms with Gasteiger partial charge in [-0.3, -0.25) is 14.4 Å². The highest BCUT2D eigenvalue weighted by Crippen LogP contribution is 2.26. The summed E-state index contributed by atoms with van der Waals surface area (Å²) in [7, 11) is 1.72. The third-order valence-electron chi connectivity index (χ3n) is 6.59. The number of amides is 2. The van der Waals surface area contributed by atoms with Gasteiger partial charge in [-0.25, -0.2) is 4.98 Å². The molecule has 2 heterocycles. The second-order valence-corrected chi connectivity index (χ2v) is 9.49. The van der Waals surface area contributed by atoms with Crippen molar-refractivity contribution in [1.29, 1.82) is 0 Å². The number of nitrogens with two attached hydrogens (primary N) is 1. The molecule has 1 aliphatic heterocycles. The van der Waals surface area contributed by atoms with E-state index in [0.29, 0.717) is 43.3 Å². The van der Waals surface area contributed by atoms with Gasteiger partial charge in [-0.15, -0.1) is 0 Å². The molecule has 37 heavy (non-hydrogen) atoms. The quantitative estimate of drug-likeness (QED) is 0.293. The van der Waals surface area contributed by atoms with Crippen LogP contribution in [0.4, 0.5) is 5.69 Å². The van der Waals surface area contributed by atoms with Crippen LogP contribution in [0.2, 0.25) is 0 Å². The number of aliphatic carboxylic acids is 1. The molecule has 1 atom stereocenters. The fraction of sp³-hybridized carbons (Fsp3) is 0.407. The minimum atomic E-state index is -1.05. The number of anilines is 1. The summed E-state index contributed by atoms with van der Waals surface area (Å²) in [6.07, 6.45) is 3.35. The lowest BCUT2D eigenvalue weighted by atomic mass is 10.1. The van der Waals surface area contributed by atoms with E-state index >= 15 is 0 Å². The highest BCUT2D eigenvalue weighted by atomic mass is 16.4. The maximum Gasteiger partial charge on any atom is 0.305 e. The molecule has 2 aromatic carbocycles. The van der Waals surface area contributed by atoms with Crippen LogP contribution in [-0.2, 0) is 22.7 Å². The average Bonchev–Trinajstić information content (AvgIpc) is 3.24. The molecule has 3 aromatic rings. The SMILES string of the molecule is CN(Cc1nc2ccccc2[nH]1)C(=O)c1ccc2c(c1)CN(CCCCCCN)C(=O)[C@H](CC(=O)O)N2. The number of carbonyl (C=O) groups excluding carboxylic acids is 2. The van der Waals surface area contributed by atoms with Crippen LogP contribution in [0.15, 0.2) is 42.5 Å². The smallest absolute Gasteiger partial charge is 0.305 e. The number of benzene rings is 2. The van der Waals surface area contributed by atoms with Crippen LogP contribution in [0.5, 0.6) is 0 Å². The van der Waals surface area contributed by atoms with Gasteiger partial charge in [0.15, 0.2) is 0 Å². The first-order chi connectivity index (χ1) is 17.9. The van der Waals surface area contributed by atoms with Gasteiger partial charge in [0.1, 0.15) is 11.9 Å². The Hall–Kier alpha value is -3.92. The fourth-order valence-electron chi connectivity index (χ4n) is 4.65. The third-order valence-corrected chi connectivity index (χ3v) is 6.59. The summed E-state index contributed by atoms with van der Waals surface area (Å²) in [5.74, 6) is -0.769. The monoisotopic (exact) mass is 506 g/mol. The van der Waals surface area contributed by atoms with Crippen molar-refractivity contribution in [3.05, 3.63) is 59.4 Å². The molecule has 4 rings (SSSR count). The third kappa shape index (κ3) is 6.45. The highest BCUT2D eigenvalue weighted by Gasteiger charge is 2.31. The van der Waals surface area contributed by atoms with E-state index in [1.165, 1.54) is 0 Å². The minimum absolute atomic E-state index is 0.172. The standard InChI is InChI=1S/C27H34N6O4/c1-32(17-24-30-21-8-4-5-9-22(21)31-24)26(36)18-10-11-20-19(14-18)16-33(13-7-3-2-6-12-28)27(37)23(29-20)15-25(34)35/h4-5,8-11,14,23,29H,2-3,6-7,12-13,15-17,28H2,1H3,(H,30,31)(H,34,35)/t23-/m0/s1. The predicted molar refractivity (Wildman–Crippen MR) is 141 cm³/mol. The zero-order valence-corrected chi connectivity index (χ0v) is 21.1. The molecule has 0 radical (unpaired) electrons. The van der Waals surface area contributed by atoms with Gasteiger partial charge in [-0.2, -0.15) is 0 Å². The number of carboxylic acid groups (broad SMARTS) is 1. The van der Waals surface area contributed by atoms with E-state index in [9.17, 15) is 19.5 Å². The number of imidazole rings is 1. The number of aromatic amines is 1. The Kier molecular flexibility index (Phi) is 8.39. The second-order valence-electron chi connectivity index (χ2n) is 9.49. The van der Waals surface area contributed by atoms with Gasteiger partial charge in [-0.05, 0) is 55.3 Å². The Labute approximate surface area is 215 Å². The molecule has 5 N–H and O–H groups in total. The van der Waals surface area contributed by atoms with Gasteiger partial charge in [0, 0.05) is 31.4 Å². The van der Waals surface area contributed by atoms with Crippen molar-refractivity contribution in [1.82, 2.24) is 19.8 Å². The molecule has 0 bridgehead atoms. The number of fused-ring (bicyclic) bond motifs is 2. The van der Waals surface area contributed by atoms with Crippen molar-refractivity contribution in [3.8, 4) is 0 Å². The van der Waals surface area contributed by atoms with Crippen molar-refractivity contribution in [3.63, 3.8) is 0 Å². The van der Waals surface area contributed by atoms with Crippen LogP contribution in [-0.4, -0.2) is 68.8 Å². The maximum atomic E-state index is 13.3. The van der Waals surface area contributed by atoms with Crippen molar-refractivity contribution in [2.24, 2.45) is 5.73 Å². The van der Waals surface area contributed by atoms with E-state index in [0.717, 1.165) is 42.3 Å². The Morgan fingerprint density at radius 3 is 2.70 bits per heavy atom. The van der Waals surface area contributed by atoms with Crippen LogP contribution in [0, 0.1) is 0 Å². The van der Waals surface area contributed by atoms with Crippen LogP contribution >= 0.6 is 0 Å². The lowest BCUT2D eigenvalue weighted by Gasteiger charge is -2.24. The normalized spacial score (nSPS) is 15.2. The average molecular weight is 507 g/mol. The molecule has 0 spiro atoms. The topological polar surface area (TPSA) is 145 Å². The van der Waals surface area contributed by atoms with Crippen LogP contribution in [0.25, 0.3) is 11.0 Å². The zero-order chi connectivity index (χ0) is 26.4. The van der Waals surface area contributed by atoms with E-state index in [1.807, 2.05) is 24.3 Å². The number of hydrogen-bond acceptors (Lipinski definition) is 6. The summed E-state index contributed by atoms with van der Waals surface area (Å²) < 4.78 is 0. The van der Waals surface area contributed by atoms with Gasteiger partial charge in [0.2, 0.25) is 5.91 Å². The van der Waals surface area contributed by atoms with E-state index in [4.69, 9.17) is 5.73 Å². The molecule has 0 aliphatic carbocycles. The Morgan fingerprint density at radius 1 is 1.16 bits per heavy atom. The van der Waals surface area contributed by atoms with Crippen LogP contribution < -0.4 is 11.1 Å². The number of unbranched alkanes of at least 4 members (excludes halogenated alkanes) is 3. The van der Waals surface area contributed by atoms with Gasteiger partial charge in [0.25, 0.3) is 5.91 Å². The molecular formula is C27H34N6O4. The summed E-state index contributed by atoms with van der Waals surface area (Å²) in [4.78, 5) is 48.9. The van der Waals surface area contributed by atoms with E-state index in [2.05, 4.69) is 15.3 Å². The molecule has 2 amide bonds. The van der Waals surface area contributed by atoms with Crippen LogP contribution in [0.1, 0.15) is 53.8 Å². The second kappa shape index (κ2) is 11.9. The number of aromatic nitrogens is 2. The number of carboxylic acids is 1. The Bertz CT molecular complexity index is 1240. The number of nitrogens with one attached hydrogen (secondary N) is 2. The number of hydrogen-bond donors (Lipinski definition) is 4. The van der Waals surface area contributed by atoms with Gasteiger partial charge in [-0.1, -0.05) is 25.0 Å². The maximum absolute atomic E-state index is 13.3. The Balaban J connectivity index is 1.51. The molecule has 10 nitrogen and oxygen atoms in total. The number of carbonyl (C=O) groups is 3. The predicted octanol–water partition coefficient (Wildman–Crippen LogP) is 2.95. The van der Waals surface area contributed by atoms with Gasteiger partial charge in [0.05, 0.1) is 24.0 Å². The molecule has 0 saturated carbocycles. The fourth-order valence-corrected chi connectivity index (χ4v) is 4.65. The van der Waals surface area contributed by atoms with E-state index in [1.54, 1.807) is 35.0 Å². The highest BCUT2D eigenvalue weighted by molar-refractivity contribution is 5.95. The summed E-state index contributed by atoms with van der Waals surface area (Å²) in [5.41, 5.74) is 9.27. The van der Waals surface area contributed by atoms with Crippen molar-refractivity contribution in [2.45, 2.75) is 51.2 Å². The minimum Gasteiger partial charge on any atom is -0.481 e. The lowest BCUT2D eigenvalue weighted by molar-refractivity contribution is -0.141. The molecule has 0 fully saturated rings. The zero-order valence-electron chi connectivity index (χ0n) is 21.1. The molecule has 0 unspecified atom stereocenters. The van der Waals surface area contributed by atoms with Crippen molar-refractivity contribution >= 4 is 34.5 Å². The molecule has 196 valence electrons. The van der Waals surface area contributed by atoms with Crippen LogP contribution in [0.3, 0.4) is 0 Å². The first kappa shape index (κ1) is 26.2. The summed E-state index contributed by atoms with van der Waals surface area (Å²) >= 11 is 0. The van der Waals surface area contributed by atoms with Crippen molar-refractivity contribution in [2.75, 3.05) is 25.5 Å². The van der Waals surface area contributed by atoms with Gasteiger partial charge < -0.3 is 30.9 Å². The summed E-state index contributed by atoms with van der Waals surface area (Å²) in [5, 5.41) is 12.5. The van der Waals surface area contributed by atoms with Gasteiger partial charge >= 0.3 is 5.97 Å². The molecule has 1 aromatic heterocycles. The molecule has 10 heteroatoms. The summed E-state index contributed by atoms with van der Waals surface area (Å²) in [6, 6.07) is 12.1. The Morgan fingerprint density at radius 2 is 1.95 bits per heavy atom. The number of nitrogens with zero attached hydrogens (tertiary/aromatic N) is 3. The van der Waals surface area contributed by atoms with E-state index in [-0.39, 0.29) is 18.2 Å². The van der Waals surface area contributed by atoms with E-state index < -0.39 is 12.0 Å². The number of para-hydroxylation sites is 2. The lowest BCUT2D eigenvalue weighted by Crippen LogP contribution is -2.42. The summed E-state index contributed by atoms with van der Waals surface area (Å²) in [6.45, 7) is 1.78. The first-order valence-corrected chi connectivity index (χ1v) is 12.6. The molecule has 0 saturated heterocycles.